The molecule has 1 fully saturated rings. The number of rotatable bonds is 4. The van der Waals surface area contributed by atoms with Crippen molar-refractivity contribution in [2.45, 2.75) is 0 Å². The van der Waals surface area contributed by atoms with Gasteiger partial charge in [0.2, 0.25) is 5.88 Å². The quantitative estimate of drug-likeness (QED) is 0.664. The molecule has 4 rings (SSSR count). The standard InChI is InChI=1S/C17H16N4O3S/c1-23-14-3-2-11(9-18-14)16-19-13-8-12(10-22)25-15(13)17(20-16)21-4-6-24-7-5-21/h2-3,8-10H,4-7H2,1H3. The van der Waals surface area contributed by atoms with E-state index in [0.717, 1.165) is 41.0 Å². The number of morpholine rings is 1. The Kier molecular flexibility index (Phi) is 4.29. The van der Waals surface area contributed by atoms with Crippen LogP contribution in [0.15, 0.2) is 24.4 Å². The van der Waals surface area contributed by atoms with Gasteiger partial charge in [-0.25, -0.2) is 15.0 Å². The van der Waals surface area contributed by atoms with Gasteiger partial charge >= 0.3 is 0 Å². The van der Waals surface area contributed by atoms with E-state index in [2.05, 4.69) is 14.9 Å². The Bertz CT molecular complexity index is 904. The monoisotopic (exact) mass is 356 g/mol. The average Bonchev–Trinajstić information content (AvgIpc) is 3.11. The molecule has 0 atom stereocenters. The average molecular weight is 356 g/mol. The van der Waals surface area contributed by atoms with E-state index in [1.165, 1.54) is 11.3 Å². The summed E-state index contributed by atoms with van der Waals surface area (Å²) in [5, 5.41) is 0. The highest BCUT2D eigenvalue weighted by atomic mass is 32.1. The van der Waals surface area contributed by atoms with Crippen molar-refractivity contribution in [2.75, 3.05) is 38.3 Å². The first-order chi connectivity index (χ1) is 12.3. The van der Waals surface area contributed by atoms with Crippen LogP contribution in [0.1, 0.15) is 9.67 Å². The van der Waals surface area contributed by atoms with Gasteiger partial charge in [0.1, 0.15) is 0 Å². The number of aldehydes is 1. The number of methoxy groups -OCH3 is 1. The number of pyridine rings is 1. The first-order valence-electron chi connectivity index (χ1n) is 7.88. The van der Waals surface area contributed by atoms with E-state index in [0.29, 0.717) is 29.8 Å². The second-order valence-electron chi connectivity index (χ2n) is 5.54. The van der Waals surface area contributed by atoms with Crippen LogP contribution in [0, 0.1) is 0 Å². The third-order valence-electron chi connectivity index (χ3n) is 4.00. The maximum absolute atomic E-state index is 11.2. The Hall–Kier alpha value is -2.58. The number of anilines is 1. The fourth-order valence-electron chi connectivity index (χ4n) is 2.74. The predicted molar refractivity (Wildman–Crippen MR) is 95.6 cm³/mol. The number of aromatic nitrogens is 3. The van der Waals surface area contributed by atoms with E-state index in [1.54, 1.807) is 25.4 Å². The summed E-state index contributed by atoms with van der Waals surface area (Å²) >= 11 is 1.42. The van der Waals surface area contributed by atoms with Gasteiger partial charge in [0, 0.05) is 30.9 Å². The Balaban J connectivity index is 1.85. The van der Waals surface area contributed by atoms with Gasteiger partial charge in [0.25, 0.3) is 0 Å². The van der Waals surface area contributed by atoms with Crippen LogP contribution in [0.25, 0.3) is 21.6 Å². The molecule has 0 unspecified atom stereocenters. The van der Waals surface area contributed by atoms with Gasteiger partial charge < -0.3 is 14.4 Å². The van der Waals surface area contributed by atoms with Crippen LogP contribution in [0.5, 0.6) is 5.88 Å². The van der Waals surface area contributed by atoms with Crippen LogP contribution in [-0.2, 0) is 4.74 Å². The van der Waals surface area contributed by atoms with Crippen LogP contribution in [0.2, 0.25) is 0 Å². The normalized spacial score (nSPS) is 14.7. The minimum absolute atomic E-state index is 0.539. The Labute approximate surface area is 148 Å². The van der Waals surface area contributed by atoms with Gasteiger partial charge in [-0.15, -0.1) is 11.3 Å². The molecule has 0 amide bonds. The van der Waals surface area contributed by atoms with Crippen molar-refractivity contribution < 1.29 is 14.3 Å². The molecule has 3 aromatic rings. The molecule has 8 heteroatoms. The molecule has 25 heavy (non-hydrogen) atoms. The molecule has 3 aromatic heterocycles. The topological polar surface area (TPSA) is 77.4 Å². The lowest BCUT2D eigenvalue weighted by atomic mass is 10.2. The molecule has 1 aliphatic heterocycles. The van der Waals surface area contributed by atoms with Gasteiger partial charge in [0.15, 0.2) is 17.9 Å². The molecule has 1 aliphatic rings. The maximum atomic E-state index is 11.2. The highest BCUT2D eigenvalue weighted by Gasteiger charge is 2.20. The molecule has 0 bridgehead atoms. The van der Waals surface area contributed by atoms with Crippen LogP contribution in [0.4, 0.5) is 5.82 Å². The lowest BCUT2D eigenvalue weighted by Crippen LogP contribution is -2.36. The molecular weight excluding hydrogens is 340 g/mol. The number of hydrogen-bond donors (Lipinski definition) is 0. The summed E-state index contributed by atoms with van der Waals surface area (Å²) in [6, 6.07) is 5.46. The van der Waals surface area contributed by atoms with Crippen molar-refractivity contribution in [2.24, 2.45) is 0 Å². The van der Waals surface area contributed by atoms with E-state index < -0.39 is 0 Å². The first kappa shape index (κ1) is 15.9. The SMILES string of the molecule is COc1ccc(-c2nc(N3CCOCC3)c3sc(C=O)cc3n2)cn1. The van der Waals surface area contributed by atoms with Gasteiger partial charge in [0.05, 0.1) is 35.4 Å². The molecule has 0 radical (unpaired) electrons. The number of carbonyl (C=O) groups excluding carboxylic acids is 1. The minimum Gasteiger partial charge on any atom is -0.481 e. The van der Waals surface area contributed by atoms with Crippen molar-refractivity contribution in [1.29, 1.82) is 0 Å². The van der Waals surface area contributed by atoms with Crippen LogP contribution in [0.3, 0.4) is 0 Å². The smallest absolute Gasteiger partial charge is 0.212 e. The zero-order valence-corrected chi connectivity index (χ0v) is 14.5. The molecule has 128 valence electrons. The first-order valence-corrected chi connectivity index (χ1v) is 8.70. The summed E-state index contributed by atoms with van der Waals surface area (Å²) in [5.41, 5.74) is 1.57. The number of carbonyl (C=O) groups is 1. The van der Waals surface area contributed by atoms with Gasteiger partial charge in [-0.1, -0.05) is 0 Å². The largest absolute Gasteiger partial charge is 0.481 e. The van der Waals surface area contributed by atoms with E-state index >= 15 is 0 Å². The lowest BCUT2D eigenvalue weighted by Gasteiger charge is -2.28. The maximum Gasteiger partial charge on any atom is 0.212 e. The molecule has 4 heterocycles. The van der Waals surface area contributed by atoms with Crippen molar-refractivity contribution in [3.63, 3.8) is 0 Å². The number of thiophene rings is 1. The lowest BCUT2D eigenvalue weighted by molar-refractivity contribution is 0.112. The van der Waals surface area contributed by atoms with Crippen molar-refractivity contribution >= 4 is 33.7 Å². The van der Waals surface area contributed by atoms with E-state index in [1.807, 2.05) is 6.07 Å². The molecule has 0 aliphatic carbocycles. The molecule has 0 saturated carbocycles. The number of hydrogen-bond acceptors (Lipinski definition) is 8. The van der Waals surface area contributed by atoms with E-state index in [9.17, 15) is 4.79 Å². The third kappa shape index (κ3) is 3.06. The van der Waals surface area contributed by atoms with Gasteiger partial charge in [-0.3, -0.25) is 4.79 Å². The Morgan fingerprint density at radius 3 is 2.80 bits per heavy atom. The van der Waals surface area contributed by atoms with Crippen molar-refractivity contribution in [3.8, 4) is 17.3 Å². The van der Waals surface area contributed by atoms with Crippen LogP contribution in [-0.4, -0.2) is 54.7 Å². The fourth-order valence-corrected chi connectivity index (χ4v) is 3.67. The zero-order chi connectivity index (χ0) is 17.2. The molecule has 0 spiro atoms. The number of nitrogens with zero attached hydrogens (tertiary/aromatic N) is 4. The van der Waals surface area contributed by atoms with Crippen LogP contribution < -0.4 is 9.64 Å². The zero-order valence-electron chi connectivity index (χ0n) is 13.6. The van der Waals surface area contributed by atoms with E-state index in [4.69, 9.17) is 14.5 Å². The summed E-state index contributed by atoms with van der Waals surface area (Å²) in [4.78, 5) is 27.6. The molecule has 7 nitrogen and oxygen atoms in total. The highest BCUT2D eigenvalue weighted by Crippen LogP contribution is 2.33. The van der Waals surface area contributed by atoms with E-state index in [-0.39, 0.29) is 0 Å². The number of fused-ring (bicyclic) bond motifs is 1. The molecular formula is C17H16N4O3S. The summed E-state index contributed by atoms with van der Waals surface area (Å²) in [5.74, 6) is 1.97. The van der Waals surface area contributed by atoms with Crippen molar-refractivity contribution in [3.05, 3.63) is 29.3 Å². The second-order valence-corrected chi connectivity index (χ2v) is 6.62. The minimum atomic E-state index is 0.539. The second kappa shape index (κ2) is 6.73. The predicted octanol–water partition coefficient (Wildman–Crippen LogP) is 2.41. The molecule has 0 aromatic carbocycles. The Morgan fingerprint density at radius 1 is 1.28 bits per heavy atom. The summed E-state index contributed by atoms with van der Waals surface area (Å²) in [6.07, 6.45) is 2.54. The third-order valence-corrected chi connectivity index (χ3v) is 5.05. The van der Waals surface area contributed by atoms with Crippen LogP contribution >= 0.6 is 11.3 Å². The fraction of sp³-hybridized carbons (Fsp3) is 0.294. The Morgan fingerprint density at radius 2 is 2.12 bits per heavy atom. The van der Waals surface area contributed by atoms with Crippen molar-refractivity contribution in [1.82, 2.24) is 15.0 Å². The van der Waals surface area contributed by atoms with Gasteiger partial charge in [-0.05, 0) is 12.1 Å². The van der Waals surface area contributed by atoms with Gasteiger partial charge in [-0.2, -0.15) is 0 Å². The molecule has 1 saturated heterocycles. The summed E-state index contributed by atoms with van der Waals surface area (Å²) < 4.78 is 11.5. The summed E-state index contributed by atoms with van der Waals surface area (Å²) in [7, 11) is 1.58. The highest BCUT2D eigenvalue weighted by molar-refractivity contribution is 7.21. The summed E-state index contributed by atoms with van der Waals surface area (Å²) in [6.45, 7) is 2.86. The molecule has 0 N–H and O–H groups in total. The number of ether oxygens (including phenoxy) is 2.